The van der Waals surface area contributed by atoms with Crippen LogP contribution in [0, 0.1) is 0 Å². The maximum absolute atomic E-state index is 12.2. The molecule has 0 N–H and O–H groups in total. The molecule has 0 aliphatic heterocycles. The van der Waals surface area contributed by atoms with Crippen molar-refractivity contribution < 1.29 is 13.9 Å². The fraction of sp³-hybridized carbons (Fsp3) is 0.0500. The molecule has 4 aromatic rings. The molecule has 3 aromatic carbocycles. The summed E-state index contributed by atoms with van der Waals surface area (Å²) in [5, 5.41) is 10.5. The summed E-state index contributed by atoms with van der Waals surface area (Å²) in [6.07, 6.45) is 0. The number of fused-ring (bicyclic) bond motifs is 1. The van der Waals surface area contributed by atoms with Crippen LogP contribution in [0.2, 0.25) is 5.02 Å². The van der Waals surface area contributed by atoms with E-state index in [-0.39, 0.29) is 12.5 Å². The number of carbonyl (C=O) groups is 1. The number of aromatic nitrogens is 2. The fourth-order valence-electron chi connectivity index (χ4n) is 2.55. The van der Waals surface area contributed by atoms with Gasteiger partial charge in [0.15, 0.2) is 6.61 Å². The Balaban J connectivity index is 1.45. The third-order valence-electron chi connectivity index (χ3n) is 3.87. The van der Waals surface area contributed by atoms with Gasteiger partial charge < -0.3 is 9.15 Å². The van der Waals surface area contributed by atoms with Crippen LogP contribution in [0.3, 0.4) is 0 Å². The van der Waals surface area contributed by atoms with E-state index >= 15 is 0 Å². The summed E-state index contributed by atoms with van der Waals surface area (Å²) in [6, 6.07) is 20.3. The minimum absolute atomic E-state index is 0.0910. The molecule has 0 bridgehead atoms. The van der Waals surface area contributed by atoms with Gasteiger partial charge in [-0.3, -0.25) is 0 Å². The van der Waals surface area contributed by atoms with E-state index in [2.05, 4.69) is 10.2 Å². The molecule has 0 atom stereocenters. The van der Waals surface area contributed by atoms with E-state index in [1.165, 1.54) is 0 Å². The van der Waals surface area contributed by atoms with Gasteiger partial charge in [0.25, 0.3) is 5.89 Å². The summed E-state index contributed by atoms with van der Waals surface area (Å²) < 4.78 is 10.8. The lowest BCUT2D eigenvalue weighted by molar-refractivity contribution is 0.0439. The Morgan fingerprint density at radius 3 is 2.54 bits per heavy atom. The monoisotopic (exact) mass is 364 g/mol. The second kappa shape index (κ2) is 6.98. The first kappa shape index (κ1) is 16.3. The topological polar surface area (TPSA) is 65.2 Å². The van der Waals surface area contributed by atoms with E-state index in [0.29, 0.717) is 16.5 Å². The lowest BCUT2D eigenvalue weighted by Crippen LogP contribution is -2.05. The molecule has 0 amide bonds. The summed E-state index contributed by atoms with van der Waals surface area (Å²) >= 11 is 5.86. The van der Waals surface area contributed by atoms with Gasteiger partial charge in [0.05, 0.1) is 5.56 Å². The largest absolute Gasteiger partial charge is 0.452 e. The van der Waals surface area contributed by atoms with E-state index in [1.54, 1.807) is 36.4 Å². The number of nitrogens with zero attached hydrogens (tertiary/aromatic N) is 2. The minimum atomic E-state index is -0.443. The molecular formula is C20H13ClN2O3. The van der Waals surface area contributed by atoms with Crippen LogP contribution in [0.15, 0.2) is 71.1 Å². The maximum atomic E-state index is 12.2. The highest BCUT2D eigenvalue weighted by Gasteiger charge is 2.13. The first-order chi connectivity index (χ1) is 12.7. The highest BCUT2D eigenvalue weighted by atomic mass is 35.5. The van der Waals surface area contributed by atoms with Gasteiger partial charge in [0.2, 0.25) is 5.89 Å². The van der Waals surface area contributed by atoms with Crippen molar-refractivity contribution in [3.05, 3.63) is 83.2 Å². The molecule has 1 heterocycles. The normalized spacial score (nSPS) is 10.8. The third-order valence-corrected chi connectivity index (χ3v) is 4.12. The van der Waals surface area contributed by atoms with Crippen LogP contribution in [-0.2, 0) is 11.3 Å². The molecule has 26 heavy (non-hydrogen) atoms. The van der Waals surface area contributed by atoms with Crippen molar-refractivity contribution in [2.45, 2.75) is 6.61 Å². The number of esters is 1. The van der Waals surface area contributed by atoms with Gasteiger partial charge in [-0.15, -0.1) is 10.2 Å². The van der Waals surface area contributed by atoms with Gasteiger partial charge in [0.1, 0.15) is 0 Å². The summed E-state index contributed by atoms with van der Waals surface area (Å²) in [6.45, 7) is -0.0910. The Bertz CT molecular complexity index is 1070. The van der Waals surface area contributed by atoms with Crippen molar-refractivity contribution in [1.29, 1.82) is 0 Å². The van der Waals surface area contributed by atoms with Gasteiger partial charge in [-0.2, -0.15) is 0 Å². The Kier molecular flexibility index (Phi) is 4.37. The van der Waals surface area contributed by atoms with Gasteiger partial charge in [-0.05, 0) is 47.2 Å². The fourth-order valence-corrected chi connectivity index (χ4v) is 2.67. The number of benzene rings is 3. The molecule has 0 unspecified atom stereocenters. The first-order valence-corrected chi connectivity index (χ1v) is 8.31. The van der Waals surface area contributed by atoms with Crippen LogP contribution < -0.4 is 0 Å². The smallest absolute Gasteiger partial charge is 0.338 e. The minimum Gasteiger partial charge on any atom is -0.452 e. The Hall–Kier alpha value is -3.18. The van der Waals surface area contributed by atoms with Crippen molar-refractivity contribution in [3.8, 4) is 11.5 Å². The summed E-state index contributed by atoms with van der Waals surface area (Å²) in [5.74, 6) is 0.129. The predicted molar refractivity (Wildman–Crippen MR) is 97.8 cm³/mol. The Morgan fingerprint density at radius 2 is 1.73 bits per heavy atom. The molecule has 0 fully saturated rings. The van der Waals surface area contributed by atoms with Crippen LogP contribution in [-0.4, -0.2) is 16.2 Å². The van der Waals surface area contributed by atoms with Crippen LogP contribution in [0.4, 0.5) is 0 Å². The summed E-state index contributed by atoms with van der Waals surface area (Å²) in [4.78, 5) is 12.2. The van der Waals surface area contributed by atoms with Gasteiger partial charge in [-0.1, -0.05) is 41.9 Å². The van der Waals surface area contributed by atoms with E-state index in [4.69, 9.17) is 20.8 Å². The number of hydrogen-bond donors (Lipinski definition) is 0. The maximum Gasteiger partial charge on any atom is 0.338 e. The van der Waals surface area contributed by atoms with E-state index in [1.807, 2.05) is 30.3 Å². The molecule has 0 aliphatic rings. The average molecular weight is 365 g/mol. The molecule has 0 spiro atoms. The predicted octanol–water partition coefficient (Wildman–Crippen LogP) is 4.90. The van der Waals surface area contributed by atoms with Crippen molar-refractivity contribution in [3.63, 3.8) is 0 Å². The highest BCUT2D eigenvalue weighted by molar-refractivity contribution is 6.30. The molecule has 6 heteroatoms. The number of ether oxygens (including phenoxy) is 1. The van der Waals surface area contributed by atoms with E-state index in [9.17, 15) is 4.79 Å². The number of halogens is 1. The number of carbonyl (C=O) groups excluding carboxylic acids is 1. The zero-order valence-corrected chi connectivity index (χ0v) is 14.3. The third kappa shape index (κ3) is 3.43. The Morgan fingerprint density at radius 1 is 0.962 bits per heavy atom. The molecule has 0 saturated heterocycles. The lowest BCUT2D eigenvalue weighted by atomic mass is 10.1. The second-order valence-electron chi connectivity index (χ2n) is 5.65. The molecule has 0 aliphatic carbocycles. The number of rotatable bonds is 4. The van der Waals surface area contributed by atoms with Crippen molar-refractivity contribution in [1.82, 2.24) is 10.2 Å². The molecule has 0 radical (unpaired) electrons. The molecule has 4 rings (SSSR count). The van der Waals surface area contributed by atoms with Crippen LogP contribution in [0.5, 0.6) is 0 Å². The second-order valence-corrected chi connectivity index (χ2v) is 6.08. The molecule has 5 nitrogen and oxygen atoms in total. The SMILES string of the molecule is O=C(OCc1nnc(-c2ccc(Cl)cc2)o1)c1ccc2ccccc2c1. The lowest BCUT2D eigenvalue weighted by Gasteiger charge is -2.04. The Labute approximate surface area is 154 Å². The quantitative estimate of drug-likeness (QED) is 0.482. The summed E-state index contributed by atoms with van der Waals surface area (Å²) in [5.41, 5.74) is 1.22. The van der Waals surface area contributed by atoms with Crippen molar-refractivity contribution >= 4 is 28.3 Å². The van der Waals surface area contributed by atoms with E-state index in [0.717, 1.165) is 16.3 Å². The average Bonchev–Trinajstić information content (AvgIpc) is 3.15. The van der Waals surface area contributed by atoms with Crippen molar-refractivity contribution in [2.24, 2.45) is 0 Å². The molecule has 0 saturated carbocycles. The molecule has 128 valence electrons. The van der Waals surface area contributed by atoms with Gasteiger partial charge in [-0.25, -0.2) is 4.79 Å². The summed E-state index contributed by atoms with van der Waals surface area (Å²) in [7, 11) is 0. The van der Waals surface area contributed by atoms with Crippen LogP contribution >= 0.6 is 11.6 Å². The number of hydrogen-bond acceptors (Lipinski definition) is 5. The van der Waals surface area contributed by atoms with Gasteiger partial charge in [0, 0.05) is 10.6 Å². The zero-order chi connectivity index (χ0) is 17.9. The first-order valence-electron chi connectivity index (χ1n) is 7.93. The van der Waals surface area contributed by atoms with Crippen molar-refractivity contribution in [2.75, 3.05) is 0 Å². The van der Waals surface area contributed by atoms with Crippen LogP contribution in [0.1, 0.15) is 16.2 Å². The van der Waals surface area contributed by atoms with E-state index < -0.39 is 5.97 Å². The highest BCUT2D eigenvalue weighted by Crippen LogP contribution is 2.21. The molecular weight excluding hydrogens is 352 g/mol. The van der Waals surface area contributed by atoms with Crippen LogP contribution in [0.25, 0.3) is 22.2 Å². The molecule has 1 aromatic heterocycles. The zero-order valence-electron chi connectivity index (χ0n) is 13.6. The van der Waals surface area contributed by atoms with Gasteiger partial charge >= 0.3 is 5.97 Å². The standard InChI is InChI=1S/C20H13ClN2O3/c21-17-9-7-14(8-10-17)19-23-22-18(26-19)12-25-20(24)16-6-5-13-3-1-2-4-15(13)11-16/h1-11H,12H2.